The average Bonchev–Trinajstić information content (AvgIpc) is 3.05. The summed E-state index contributed by atoms with van der Waals surface area (Å²) < 4.78 is 5.70. The van der Waals surface area contributed by atoms with Crippen LogP contribution in [0.3, 0.4) is 0 Å². The lowest BCUT2D eigenvalue weighted by Crippen LogP contribution is -2.12. The van der Waals surface area contributed by atoms with Crippen molar-refractivity contribution in [1.29, 1.82) is 0 Å². The van der Waals surface area contributed by atoms with Gasteiger partial charge in [-0.3, -0.25) is 9.78 Å². The number of rotatable bonds is 3. The molecule has 0 bridgehead atoms. The number of nitrogens with one attached hydrogen (secondary N) is 1. The lowest BCUT2D eigenvalue weighted by molar-refractivity contribution is 0.102. The van der Waals surface area contributed by atoms with E-state index in [9.17, 15) is 4.79 Å². The minimum atomic E-state index is -0.198. The van der Waals surface area contributed by atoms with Gasteiger partial charge >= 0.3 is 0 Å². The summed E-state index contributed by atoms with van der Waals surface area (Å²) >= 11 is 0. The number of pyridine rings is 1. The summed E-state index contributed by atoms with van der Waals surface area (Å²) in [5.74, 6) is 0.708. The number of hydrogen-bond acceptors (Lipinski definition) is 4. The normalized spacial score (nSPS) is 11.3. The van der Waals surface area contributed by atoms with E-state index in [4.69, 9.17) is 4.42 Å². The van der Waals surface area contributed by atoms with Crippen LogP contribution in [-0.4, -0.2) is 15.9 Å². The van der Waals surface area contributed by atoms with E-state index < -0.39 is 0 Å². The SMILES string of the molecule is CC(C)c1nc2cc(NC(=O)c3cccc4cccnc34)ccc2o1. The molecular weight excluding hydrogens is 314 g/mol. The molecule has 5 heteroatoms. The predicted molar refractivity (Wildman–Crippen MR) is 97.8 cm³/mol. The van der Waals surface area contributed by atoms with Crippen molar-refractivity contribution in [2.24, 2.45) is 0 Å². The minimum absolute atomic E-state index is 0.198. The molecule has 0 saturated carbocycles. The molecule has 2 aromatic carbocycles. The molecule has 0 aliphatic rings. The molecule has 2 aromatic heterocycles. The van der Waals surface area contributed by atoms with Crippen molar-refractivity contribution in [3.8, 4) is 0 Å². The number of amides is 1. The standard InChI is InChI=1S/C20H17N3O2/c1-12(2)20-23-16-11-14(8-9-17(16)25-20)22-19(24)15-7-3-5-13-6-4-10-21-18(13)15/h3-12H,1-2H3,(H,22,24). The highest BCUT2D eigenvalue weighted by molar-refractivity contribution is 6.12. The highest BCUT2D eigenvalue weighted by Gasteiger charge is 2.13. The fourth-order valence-corrected chi connectivity index (χ4v) is 2.76. The van der Waals surface area contributed by atoms with Crippen LogP contribution in [0.15, 0.2) is 59.1 Å². The number of benzene rings is 2. The van der Waals surface area contributed by atoms with Crippen LogP contribution in [0.25, 0.3) is 22.0 Å². The van der Waals surface area contributed by atoms with Crippen molar-refractivity contribution in [2.45, 2.75) is 19.8 Å². The molecule has 1 amide bonds. The van der Waals surface area contributed by atoms with Gasteiger partial charge in [-0.15, -0.1) is 0 Å². The Bertz CT molecular complexity index is 1080. The van der Waals surface area contributed by atoms with Gasteiger partial charge < -0.3 is 9.73 Å². The molecule has 25 heavy (non-hydrogen) atoms. The number of hydrogen-bond donors (Lipinski definition) is 1. The molecular formula is C20H17N3O2. The Morgan fingerprint density at radius 2 is 1.96 bits per heavy atom. The molecule has 0 spiro atoms. The van der Waals surface area contributed by atoms with Gasteiger partial charge in [0.2, 0.25) is 0 Å². The van der Waals surface area contributed by atoms with Crippen LogP contribution in [-0.2, 0) is 0 Å². The number of para-hydroxylation sites is 1. The monoisotopic (exact) mass is 331 g/mol. The van der Waals surface area contributed by atoms with E-state index in [1.807, 2.05) is 56.3 Å². The largest absolute Gasteiger partial charge is 0.440 e. The van der Waals surface area contributed by atoms with Gasteiger partial charge in [0.25, 0.3) is 5.91 Å². The first-order valence-electron chi connectivity index (χ1n) is 8.17. The quantitative estimate of drug-likeness (QED) is 0.588. The molecule has 5 nitrogen and oxygen atoms in total. The number of carbonyl (C=O) groups is 1. The maximum atomic E-state index is 12.7. The minimum Gasteiger partial charge on any atom is -0.440 e. The number of oxazole rings is 1. The number of fused-ring (bicyclic) bond motifs is 2. The van der Waals surface area contributed by atoms with Crippen LogP contribution in [0.2, 0.25) is 0 Å². The predicted octanol–water partition coefficient (Wildman–Crippen LogP) is 4.75. The Balaban J connectivity index is 1.67. The highest BCUT2D eigenvalue weighted by atomic mass is 16.3. The van der Waals surface area contributed by atoms with Gasteiger partial charge in [0.1, 0.15) is 5.52 Å². The van der Waals surface area contributed by atoms with Crippen LogP contribution in [0, 0.1) is 0 Å². The van der Waals surface area contributed by atoms with Crippen LogP contribution in [0.5, 0.6) is 0 Å². The molecule has 0 atom stereocenters. The van der Waals surface area contributed by atoms with Crippen LogP contribution >= 0.6 is 0 Å². The van der Waals surface area contributed by atoms with Gasteiger partial charge in [0.15, 0.2) is 11.5 Å². The molecule has 0 unspecified atom stereocenters. The average molecular weight is 331 g/mol. The number of aromatic nitrogens is 2. The van der Waals surface area contributed by atoms with Gasteiger partial charge in [0.05, 0.1) is 11.1 Å². The van der Waals surface area contributed by atoms with Crippen LogP contribution in [0.4, 0.5) is 5.69 Å². The Morgan fingerprint density at radius 1 is 1.12 bits per heavy atom. The Morgan fingerprint density at radius 3 is 2.80 bits per heavy atom. The summed E-state index contributed by atoms with van der Waals surface area (Å²) in [6, 6.07) is 14.8. The van der Waals surface area contributed by atoms with E-state index in [2.05, 4.69) is 15.3 Å². The van der Waals surface area contributed by atoms with E-state index in [1.54, 1.807) is 12.3 Å². The molecule has 0 fully saturated rings. The van der Waals surface area contributed by atoms with Gasteiger partial charge in [-0.05, 0) is 30.3 Å². The van der Waals surface area contributed by atoms with E-state index in [0.717, 1.165) is 10.9 Å². The highest BCUT2D eigenvalue weighted by Crippen LogP contribution is 2.24. The smallest absolute Gasteiger partial charge is 0.257 e. The third-order valence-corrected chi connectivity index (χ3v) is 4.03. The second-order valence-electron chi connectivity index (χ2n) is 6.22. The van der Waals surface area contributed by atoms with Crippen molar-refractivity contribution in [1.82, 2.24) is 9.97 Å². The zero-order chi connectivity index (χ0) is 17.4. The lowest BCUT2D eigenvalue weighted by Gasteiger charge is -2.07. The fraction of sp³-hybridized carbons (Fsp3) is 0.150. The van der Waals surface area contributed by atoms with E-state index in [-0.39, 0.29) is 11.8 Å². The molecule has 4 aromatic rings. The van der Waals surface area contributed by atoms with Crippen molar-refractivity contribution in [3.63, 3.8) is 0 Å². The summed E-state index contributed by atoms with van der Waals surface area (Å²) in [6.07, 6.45) is 1.69. The second-order valence-corrected chi connectivity index (χ2v) is 6.22. The Kier molecular flexibility index (Phi) is 3.69. The first kappa shape index (κ1) is 15.3. The zero-order valence-electron chi connectivity index (χ0n) is 14.0. The molecule has 0 aliphatic carbocycles. The lowest BCUT2D eigenvalue weighted by atomic mass is 10.1. The van der Waals surface area contributed by atoms with E-state index >= 15 is 0 Å². The maximum absolute atomic E-state index is 12.7. The first-order valence-corrected chi connectivity index (χ1v) is 8.17. The fourth-order valence-electron chi connectivity index (χ4n) is 2.76. The van der Waals surface area contributed by atoms with Gasteiger partial charge in [0, 0.05) is 23.2 Å². The number of anilines is 1. The van der Waals surface area contributed by atoms with E-state index in [0.29, 0.717) is 28.2 Å². The molecule has 4 rings (SSSR count). The summed E-state index contributed by atoms with van der Waals surface area (Å²) in [4.78, 5) is 21.5. The second kappa shape index (κ2) is 6.02. The van der Waals surface area contributed by atoms with E-state index in [1.165, 1.54) is 0 Å². The van der Waals surface area contributed by atoms with Gasteiger partial charge in [-0.1, -0.05) is 32.0 Å². The van der Waals surface area contributed by atoms with Crippen molar-refractivity contribution < 1.29 is 9.21 Å². The van der Waals surface area contributed by atoms with Crippen LogP contribution in [0.1, 0.15) is 36.0 Å². The molecule has 0 aliphatic heterocycles. The molecule has 1 N–H and O–H groups in total. The topological polar surface area (TPSA) is 68.0 Å². The molecule has 2 heterocycles. The third-order valence-electron chi connectivity index (χ3n) is 4.03. The first-order chi connectivity index (χ1) is 12.1. The summed E-state index contributed by atoms with van der Waals surface area (Å²) in [6.45, 7) is 4.06. The Hall–Kier alpha value is -3.21. The summed E-state index contributed by atoms with van der Waals surface area (Å²) in [5.41, 5.74) is 3.36. The Labute approximate surface area is 144 Å². The van der Waals surface area contributed by atoms with Crippen molar-refractivity contribution >= 4 is 33.6 Å². The zero-order valence-corrected chi connectivity index (χ0v) is 14.0. The summed E-state index contributed by atoms with van der Waals surface area (Å²) in [5, 5.41) is 3.85. The summed E-state index contributed by atoms with van der Waals surface area (Å²) in [7, 11) is 0. The molecule has 0 radical (unpaired) electrons. The number of nitrogens with zero attached hydrogens (tertiary/aromatic N) is 2. The molecule has 0 saturated heterocycles. The van der Waals surface area contributed by atoms with Crippen LogP contribution < -0.4 is 5.32 Å². The van der Waals surface area contributed by atoms with Crippen molar-refractivity contribution in [2.75, 3.05) is 5.32 Å². The maximum Gasteiger partial charge on any atom is 0.257 e. The third kappa shape index (κ3) is 2.85. The van der Waals surface area contributed by atoms with Gasteiger partial charge in [-0.2, -0.15) is 0 Å². The van der Waals surface area contributed by atoms with Gasteiger partial charge in [-0.25, -0.2) is 4.98 Å². The molecule has 124 valence electrons. The number of carbonyl (C=O) groups excluding carboxylic acids is 1. The van der Waals surface area contributed by atoms with Crippen molar-refractivity contribution in [3.05, 3.63) is 66.2 Å².